The number of nitrogen functional groups attached to an aromatic ring is 1. The normalized spacial score (nSPS) is 14.9. The Morgan fingerprint density at radius 2 is 1.71 bits per heavy atom. The molecule has 0 bridgehead atoms. The van der Waals surface area contributed by atoms with E-state index in [0.717, 1.165) is 67.2 Å². The Morgan fingerprint density at radius 3 is 2.43 bits per heavy atom. The van der Waals surface area contributed by atoms with Crippen molar-refractivity contribution >= 4 is 22.7 Å². The van der Waals surface area contributed by atoms with E-state index in [2.05, 4.69) is 26.9 Å². The number of nitrogens with one attached hydrogen (secondary N) is 1. The van der Waals surface area contributed by atoms with E-state index in [1.165, 1.54) is 17.7 Å². The first-order valence-electron chi connectivity index (χ1n) is 12.2. The molecule has 2 heterocycles. The fourth-order valence-electron chi connectivity index (χ4n) is 4.77. The fourth-order valence-corrected chi connectivity index (χ4v) is 4.77. The Hall–Kier alpha value is -3.58. The summed E-state index contributed by atoms with van der Waals surface area (Å²) in [5, 5.41) is 3.69. The molecular weight excluding hydrogens is 441 g/mol. The van der Waals surface area contributed by atoms with Crippen LogP contribution < -0.4 is 15.8 Å². The predicted molar refractivity (Wildman–Crippen MR) is 139 cm³/mol. The van der Waals surface area contributed by atoms with Crippen molar-refractivity contribution in [3.05, 3.63) is 83.7 Å². The maximum atomic E-state index is 13.4. The van der Waals surface area contributed by atoms with Gasteiger partial charge in [-0.05, 0) is 66.8 Å². The summed E-state index contributed by atoms with van der Waals surface area (Å²) in [6.45, 7) is 3.75. The molecule has 0 amide bonds. The third-order valence-electron chi connectivity index (χ3n) is 6.86. The topological polar surface area (TPSA) is 68.3 Å². The molecule has 1 saturated heterocycles. The van der Waals surface area contributed by atoms with Gasteiger partial charge in [0.1, 0.15) is 17.1 Å². The van der Waals surface area contributed by atoms with Crippen LogP contribution in [-0.2, 0) is 13.0 Å². The van der Waals surface area contributed by atoms with E-state index in [1.54, 1.807) is 7.11 Å². The van der Waals surface area contributed by atoms with Crippen LogP contribution in [0, 0.1) is 5.82 Å². The monoisotopic (exact) mass is 473 g/mol. The van der Waals surface area contributed by atoms with Gasteiger partial charge in [0.25, 0.3) is 0 Å². The molecule has 0 aliphatic carbocycles. The van der Waals surface area contributed by atoms with Crippen LogP contribution in [0.25, 0.3) is 11.0 Å². The molecule has 0 spiro atoms. The molecule has 4 aromatic rings. The van der Waals surface area contributed by atoms with Gasteiger partial charge in [-0.3, -0.25) is 0 Å². The summed E-state index contributed by atoms with van der Waals surface area (Å²) >= 11 is 0. The summed E-state index contributed by atoms with van der Waals surface area (Å²) in [6, 6.07) is 21.2. The minimum Gasteiger partial charge on any atom is -0.497 e. The summed E-state index contributed by atoms with van der Waals surface area (Å²) in [7, 11) is 1.69. The molecule has 6 nitrogen and oxygen atoms in total. The number of ether oxygens (including phenoxy) is 1. The van der Waals surface area contributed by atoms with E-state index in [4.69, 9.17) is 15.5 Å². The van der Waals surface area contributed by atoms with Gasteiger partial charge in [0.15, 0.2) is 0 Å². The molecule has 1 aromatic heterocycles. The molecule has 0 unspecified atom stereocenters. The second-order valence-electron chi connectivity index (χ2n) is 9.22. The van der Waals surface area contributed by atoms with Gasteiger partial charge in [-0.15, -0.1) is 0 Å². The number of imidazole rings is 1. The first-order chi connectivity index (χ1) is 17.1. The van der Waals surface area contributed by atoms with Crippen LogP contribution in [0.5, 0.6) is 5.75 Å². The molecule has 3 aromatic carbocycles. The zero-order valence-electron chi connectivity index (χ0n) is 20.1. The smallest absolute Gasteiger partial charge is 0.204 e. The standard InChI is InChI=1S/C28H32FN5O/c1-35-24-11-7-20(8-12-24)13-16-33-17-14-23(15-18-33)31-28-32-27-25(30)3-2-4-26(27)34(28)19-21-5-9-22(29)10-6-21/h2-12,23H,13-19,30H2,1H3,(H,31,32). The number of anilines is 2. The largest absolute Gasteiger partial charge is 0.497 e. The van der Waals surface area contributed by atoms with Crippen LogP contribution in [0.2, 0.25) is 0 Å². The Morgan fingerprint density at radius 1 is 1.00 bits per heavy atom. The molecule has 5 rings (SSSR count). The van der Waals surface area contributed by atoms with Gasteiger partial charge >= 0.3 is 0 Å². The number of nitrogens with zero attached hydrogens (tertiary/aromatic N) is 3. The highest BCUT2D eigenvalue weighted by Crippen LogP contribution is 2.27. The molecule has 7 heteroatoms. The van der Waals surface area contributed by atoms with Gasteiger partial charge in [0, 0.05) is 25.7 Å². The minimum absolute atomic E-state index is 0.231. The number of fused-ring (bicyclic) bond motifs is 1. The van der Waals surface area contributed by atoms with Crippen molar-refractivity contribution in [3.8, 4) is 5.75 Å². The number of methoxy groups -OCH3 is 1. The van der Waals surface area contributed by atoms with Crippen LogP contribution in [0.15, 0.2) is 66.7 Å². The van der Waals surface area contributed by atoms with Crippen LogP contribution in [-0.4, -0.2) is 47.2 Å². The fraction of sp³-hybridized carbons (Fsp3) is 0.321. The minimum atomic E-state index is -0.231. The second-order valence-corrected chi connectivity index (χ2v) is 9.22. The van der Waals surface area contributed by atoms with Crippen LogP contribution in [0.3, 0.4) is 0 Å². The van der Waals surface area contributed by atoms with E-state index in [9.17, 15) is 4.39 Å². The highest BCUT2D eigenvalue weighted by atomic mass is 19.1. The maximum Gasteiger partial charge on any atom is 0.204 e. The summed E-state index contributed by atoms with van der Waals surface area (Å²) in [4.78, 5) is 7.39. The lowest BCUT2D eigenvalue weighted by Gasteiger charge is -2.32. The summed E-state index contributed by atoms with van der Waals surface area (Å²) in [5.41, 5.74) is 11.0. The van der Waals surface area contributed by atoms with Crippen molar-refractivity contribution < 1.29 is 9.13 Å². The number of hydrogen-bond donors (Lipinski definition) is 2. The zero-order chi connectivity index (χ0) is 24.2. The van der Waals surface area contributed by atoms with E-state index in [-0.39, 0.29) is 5.82 Å². The number of halogens is 1. The molecular formula is C28H32FN5O. The molecule has 0 radical (unpaired) electrons. The van der Waals surface area contributed by atoms with Crippen molar-refractivity contribution in [2.75, 3.05) is 37.8 Å². The van der Waals surface area contributed by atoms with Crippen molar-refractivity contribution in [2.24, 2.45) is 0 Å². The van der Waals surface area contributed by atoms with Crippen LogP contribution in [0.4, 0.5) is 16.0 Å². The van der Waals surface area contributed by atoms with Gasteiger partial charge < -0.3 is 25.3 Å². The Kier molecular flexibility index (Phi) is 6.86. The Balaban J connectivity index is 1.24. The lowest BCUT2D eigenvalue weighted by Crippen LogP contribution is -2.40. The van der Waals surface area contributed by atoms with E-state index < -0.39 is 0 Å². The van der Waals surface area contributed by atoms with Crippen molar-refractivity contribution in [2.45, 2.75) is 31.8 Å². The third-order valence-corrected chi connectivity index (χ3v) is 6.86. The quantitative estimate of drug-likeness (QED) is 0.355. The number of nitrogens with two attached hydrogens (primary N) is 1. The molecule has 3 N–H and O–H groups in total. The van der Waals surface area contributed by atoms with Crippen molar-refractivity contribution in [1.29, 1.82) is 0 Å². The Labute approximate surface area is 205 Å². The maximum absolute atomic E-state index is 13.4. The average molecular weight is 474 g/mol. The highest BCUT2D eigenvalue weighted by molar-refractivity contribution is 5.89. The van der Waals surface area contributed by atoms with E-state index in [0.29, 0.717) is 18.3 Å². The van der Waals surface area contributed by atoms with E-state index >= 15 is 0 Å². The van der Waals surface area contributed by atoms with Crippen LogP contribution >= 0.6 is 0 Å². The van der Waals surface area contributed by atoms with Crippen molar-refractivity contribution in [1.82, 2.24) is 14.5 Å². The van der Waals surface area contributed by atoms with Gasteiger partial charge in [0.2, 0.25) is 5.95 Å². The summed E-state index contributed by atoms with van der Waals surface area (Å²) in [6.07, 6.45) is 3.14. The predicted octanol–water partition coefficient (Wildman–Crippen LogP) is 4.93. The lowest BCUT2D eigenvalue weighted by molar-refractivity contribution is 0.221. The second kappa shape index (κ2) is 10.4. The molecule has 0 saturated carbocycles. The van der Waals surface area contributed by atoms with Crippen molar-refractivity contribution in [3.63, 3.8) is 0 Å². The zero-order valence-corrected chi connectivity index (χ0v) is 20.1. The first kappa shape index (κ1) is 23.2. The van der Waals surface area contributed by atoms with Gasteiger partial charge in [-0.2, -0.15) is 0 Å². The average Bonchev–Trinajstić information content (AvgIpc) is 3.23. The van der Waals surface area contributed by atoms with Gasteiger partial charge in [-0.25, -0.2) is 9.37 Å². The number of hydrogen-bond acceptors (Lipinski definition) is 5. The molecule has 0 atom stereocenters. The highest BCUT2D eigenvalue weighted by Gasteiger charge is 2.22. The SMILES string of the molecule is COc1ccc(CCN2CCC(Nc3nc4c(N)cccc4n3Cc3ccc(F)cc3)CC2)cc1. The molecule has 1 aliphatic heterocycles. The molecule has 35 heavy (non-hydrogen) atoms. The molecule has 1 fully saturated rings. The third kappa shape index (κ3) is 5.41. The molecule has 182 valence electrons. The number of para-hydroxylation sites is 1. The van der Waals surface area contributed by atoms with Crippen LogP contribution in [0.1, 0.15) is 24.0 Å². The lowest BCUT2D eigenvalue weighted by atomic mass is 10.0. The number of rotatable bonds is 8. The van der Waals surface area contributed by atoms with E-state index in [1.807, 2.05) is 42.5 Å². The Bertz CT molecular complexity index is 1260. The number of likely N-dealkylation sites (tertiary alicyclic amines) is 1. The molecule has 1 aliphatic rings. The first-order valence-corrected chi connectivity index (χ1v) is 12.2. The summed E-state index contributed by atoms with van der Waals surface area (Å²) < 4.78 is 20.8. The summed E-state index contributed by atoms with van der Waals surface area (Å²) in [5.74, 6) is 1.48. The number of piperidine rings is 1. The van der Waals surface area contributed by atoms with Gasteiger partial charge in [0.05, 0.1) is 24.9 Å². The number of aromatic nitrogens is 2. The number of benzene rings is 3. The van der Waals surface area contributed by atoms with Gasteiger partial charge in [-0.1, -0.05) is 30.3 Å².